The van der Waals surface area contributed by atoms with Crippen LogP contribution < -0.4 is 10.1 Å². The van der Waals surface area contributed by atoms with Crippen molar-refractivity contribution in [2.24, 2.45) is 0 Å². The maximum absolute atomic E-state index is 14.5. The highest BCUT2D eigenvalue weighted by Gasteiger charge is 2.35. The SMILES string of the molecule is COCc1c(C(=O)NCC2(c3ccc(OC)cc3)CCOCC2)sc2cccc(F)c12. The number of rotatable bonds is 7. The highest BCUT2D eigenvalue weighted by Crippen LogP contribution is 2.37. The fraction of sp³-hybridized carbons (Fsp3) is 0.375. The number of hydrogen-bond donors (Lipinski definition) is 1. The zero-order chi connectivity index (χ0) is 21.8. The summed E-state index contributed by atoms with van der Waals surface area (Å²) in [5, 5.41) is 3.59. The van der Waals surface area contributed by atoms with Crippen LogP contribution in [0.4, 0.5) is 4.39 Å². The van der Waals surface area contributed by atoms with Gasteiger partial charge in [0, 0.05) is 47.9 Å². The molecule has 0 radical (unpaired) electrons. The molecule has 0 unspecified atom stereocenters. The van der Waals surface area contributed by atoms with E-state index >= 15 is 0 Å². The molecule has 2 heterocycles. The topological polar surface area (TPSA) is 56.8 Å². The first-order valence-electron chi connectivity index (χ1n) is 10.3. The molecule has 4 rings (SSSR count). The van der Waals surface area contributed by atoms with Crippen molar-refractivity contribution in [2.45, 2.75) is 24.9 Å². The molecule has 0 atom stereocenters. The van der Waals surface area contributed by atoms with Crippen LogP contribution in [0.2, 0.25) is 0 Å². The summed E-state index contributed by atoms with van der Waals surface area (Å²) in [6.07, 6.45) is 1.62. The Bertz CT molecular complexity index is 1060. The first-order valence-corrected chi connectivity index (χ1v) is 11.1. The average molecular weight is 444 g/mol. The van der Waals surface area contributed by atoms with Crippen LogP contribution in [0.3, 0.4) is 0 Å². The zero-order valence-electron chi connectivity index (χ0n) is 17.7. The number of halogens is 1. The zero-order valence-corrected chi connectivity index (χ0v) is 18.5. The minimum Gasteiger partial charge on any atom is -0.497 e. The van der Waals surface area contributed by atoms with Crippen LogP contribution in [0.5, 0.6) is 5.75 Å². The highest BCUT2D eigenvalue weighted by molar-refractivity contribution is 7.21. The lowest BCUT2D eigenvalue weighted by Gasteiger charge is -2.38. The number of carbonyl (C=O) groups is 1. The number of thiophene rings is 1. The summed E-state index contributed by atoms with van der Waals surface area (Å²) in [6, 6.07) is 12.9. The number of amides is 1. The van der Waals surface area contributed by atoms with Crippen molar-refractivity contribution in [3.8, 4) is 5.75 Å². The standard InChI is InChI=1S/C24H26FNO4S/c1-28-14-18-21-19(25)4-3-5-20(21)31-22(18)23(27)26-15-24(10-12-30-13-11-24)16-6-8-17(29-2)9-7-16/h3-9H,10-15H2,1-2H3,(H,26,27). The van der Waals surface area contributed by atoms with Gasteiger partial charge in [0.25, 0.3) is 5.91 Å². The maximum atomic E-state index is 14.5. The van der Waals surface area contributed by atoms with Gasteiger partial charge in [0.05, 0.1) is 18.6 Å². The predicted octanol–water partition coefficient (Wildman–Crippen LogP) is 4.67. The molecule has 3 aromatic rings. The Balaban J connectivity index is 1.61. The van der Waals surface area contributed by atoms with Gasteiger partial charge in [-0.25, -0.2) is 4.39 Å². The van der Waals surface area contributed by atoms with E-state index in [1.54, 1.807) is 20.3 Å². The monoisotopic (exact) mass is 443 g/mol. The van der Waals surface area contributed by atoms with E-state index < -0.39 is 0 Å². The molecule has 1 aliphatic rings. The van der Waals surface area contributed by atoms with E-state index in [2.05, 4.69) is 17.4 Å². The molecule has 5 nitrogen and oxygen atoms in total. The van der Waals surface area contributed by atoms with E-state index in [0.717, 1.165) is 28.9 Å². The summed E-state index contributed by atoms with van der Waals surface area (Å²) in [6.45, 7) is 1.95. The van der Waals surface area contributed by atoms with Crippen molar-refractivity contribution in [1.29, 1.82) is 0 Å². The van der Waals surface area contributed by atoms with Gasteiger partial charge in [-0.1, -0.05) is 18.2 Å². The number of fused-ring (bicyclic) bond motifs is 1. The third kappa shape index (κ3) is 4.31. The number of benzene rings is 2. The van der Waals surface area contributed by atoms with E-state index in [0.29, 0.717) is 35.6 Å². The summed E-state index contributed by atoms with van der Waals surface area (Å²) in [4.78, 5) is 13.7. The Morgan fingerprint density at radius 3 is 2.58 bits per heavy atom. The van der Waals surface area contributed by atoms with E-state index in [9.17, 15) is 9.18 Å². The number of methoxy groups -OCH3 is 2. The third-order valence-corrected chi connectivity index (χ3v) is 7.19. The number of nitrogens with one attached hydrogen (secondary N) is 1. The molecular formula is C24H26FNO4S. The van der Waals surface area contributed by atoms with Gasteiger partial charge < -0.3 is 19.5 Å². The van der Waals surface area contributed by atoms with Gasteiger partial charge in [-0.15, -0.1) is 11.3 Å². The van der Waals surface area contributed by atoms with Crippen LogP contribution in [-0.2, 0) is 21.5 Å². The normalized spacial score (nSPS) is 15.7. The van der Waals surface area contributed by atoms with Gasteiger partial charge in [0.15, 0.2) is 0 Å². The number of ether oxygens (including phenoxy) is 3. The summed E-state index contributed by atoms with van der Waals surface area (Å²) in [7, 11) is 3.19. The number of carbonyl (C=O) groups excluding carboxylic acids is 1. The van der Waals surface area contributed by atoms with Gasteiger partial charge >= 0.3 is 0 Å². The molecule has 31 heavy (non-hydrogen) atoms. The molecule has 1 aliphatic heterocycles. The van der Waals surface area contributed by atoms with Crippen molar-refractivity contribution >= 4 is 27.3 Å². The molecule has 0 bridgehead atoms. The smallest absolute Gasteiger partial charge is 0.261 e. The predicted molar refractivity (Wildman–Crippen MR) is 120 cm³/mol. The maximum Gasteiger partial charge on any atom is 0.261 e. The van der Waals surface area contributed by atoms with E-state index in [1.807, 2.05) is 18.2 Å². The molecular weight excluding hydrogens is 417 g/mol. The van der Waals surface area contributed by atoms with E-state index in [-0.39, 0.29) is 23.7 Å². The van der Waals surface area contributed by atoms with Crippen LogP contribution in [0.15, 0.2) is 42.5 Å². The van der Waals surface area contributed by atoms with Gasteiger partial charge in [-0.2, -0.15) is 0 Å². The van der Waals surface area contributed by atoms with Crippen LogP contribution in [0, 0.1) is 5.82 Å². The summed E-state index contributed by atoms with van der Waals surface area (Å²) >= 11 is 1.30. The van der Waals surface area contributed by atoms with E-state index in [4.69, 9.17) is 14.2 Å². The molecule has 1 aromatic heterocycles. The van der Waals surface area contributed by atoms with Gasteiger partial charge in [-0.05, 0) is 42.7 Å². The van der Waals surface area contributed by atoms with Crippen LogP contribution in [-0.4, -0.2) is 39.9 Å². The highest BCUT2D eigenvalue weighted by atomic mass is 32.1. The van der Waals surface area contributed by atoms with Crippen LogP contribution >= 0.6 is 11.3 Å². The molecule has 164 valence electrons. The fourth-order valence-electron chi connectivity index (χ4n) is 4.24. The summed E-state index contributed by atoms with van der Waals surface area (Å²) in [5.41, 5.74) is 1.53. The summed E-state index contributed by atoms with van der Waals surface area (Å²) < 4.78 is 31.4. The largest absolute Gasteiger partial charge is 0.497 e. The van der Waals surface area contributed by atoms with Crippen LogP contribution in [0.25, 0.3) is 10.1 Å². The lowest BCUT2D eigenvalue weighted by atomic mass is 9.74. The molecule has 0 aliphatic carbocycles. The second-order valence-corrected chi connectivity index (χ2v) is 8.81. The van der Waals surface area contributed by atoms with Crippen LogP contribution in [0.1, 0.15) is 33.6 Å². The molecule has 0 saturated carbocycles. The Labute approximate surface area is 185 Å². The van der Waals surface area contributed by atoms with Crippen molar-refractivity contribution in [3.05, 3.63) is 64.3 Å². The minimum atomic E-state index is -0.334. The number of hydrogen-bond acceptors (Lipinski definition) is 5. The molecule has 1 fully saturated rings. The lowest BCUT2D eigenvalue weighted by molar-refractivity contribution is 0.0487. The van der Waals surface area contributed by atoms with Crippen molar-refractivity contribution in [2.75, 3.05) is 34.0 Å². The van der Waals surface area contributed by atoms with Crippen molar-refractivity contribution in [3.63, 3.8) is 0 Å². The Morgan fingerprint density at radius 1 is 1.16 bits per heavy atom. The molecule has 0 spiro atoms. The Kier molecular flexibility index (Phi) is 6.55. The van der Waals surface area contributed by atoms with Crippen molar-refractivity contribution in [1.82, 2.24) is 5.32 Å². The molecule has 2 aromatic carbocycles. The molecule has 7 heteroatoms. The average Bonchev–Trinajstić information content (AvgIpc) is 3.18. The lowest BCUT2D eigenvalue weighted by Crippen LogP contribution is -2.44. The van der Waals surface area contributed by atoms with Gasteiger partial charge in [-0.3, -0.25) is 4.79 Å². The molecule has 1 saturated heterocycles. The Hall–Kier alpha value is -2.48. The third-order valence-electron chi connectivity index (χ3n) is 6.00. The molecule has 1 amide bonds. The minimum absolute atomic E-state index is 0.182. The summed E-state index contributed by atoms with van der Waals surface area (Å²) in [5.74, 6) is 0.262. The first kappa shape index (κ1) is 21.7. The first-order chi connectivity index (χ1) is 15.1. The van der Waals surface area contributed by atoms with Gasteiger partial charge in [0.1, 0.15) is 11.6 Å². The second kappa shape index (κ2) is 9.34. The molecule has 1 N–H and O–H groups in total. The van der Waals surface area contributed by atoms with Crippen molar-refractivity contribution < 1.29 is 23.4 Å². The van der Waals surface area contributed by atoms with E-state index in [1.165, 1.54) is 17.4 Å². The fourth-order valence-corrected chi connectivity index (χ4v) is 5.38. The second-order valence-electron chi connectivity index (χ2n) is 7.76. The quantitative estimate of drug-likeness (QED) is 0.576. The van der Waals surface area contributed by atoms with Gasteiger partial charge in [0.2, 0.25) is 0 Å². The Morgan fingerprint density at radius 2 is 1.90 bits per heavy atom.